The highest BCUT2D eigenvalue weighted by Gasteiger charge is 2.33. The van der Waals surface area contributed by atoms with Gasteiger partial charge in [-0.05, 0) is 75.6 Å². The Balaban J connectivity index is 1.67. The van der Waals surface area contributed by atoms with Gasteiger partial charge in [-0.1, -0.05) is 60.9 Å². The molecule has 1 aliphatic carbocycles. The zero-order valence-electron chi connectivity index (χ0n) is 24.0. The molecule has 0 heterocycles. The maximum atomic E-state index is 14.0. The van der Waals surface area contributed by atoms with Crippen LogP contribution in [0.4, 0.5) is 5.69 Å². The number of hydrogen-bond acceptors (Lipinski definition) is 5. The Labute approximate surface area is 243 Å². The molecule has 0 aliphatic heterocycles. The molecule has 0 bridgehead atoms. The summed E-state index contributed by atoms with van der Waals surface area (Å²) in [6, 6.07) is 21.7. The van der Waals surface area contributed by atoms with E-state index in [1.807, 2.05) is 38.1 Å². The number of rotatable bonds is 12. The number of amides is 2. The molecule has 0 saturated heterocycles. The largest absolute Gasteiger partial charge is 0.494 e. The van der Waals surface area contributed by atoms with Crippen LogP contribution in [0.3, 0.4) is 0 Å². The van der Waals surface area contributed by atoms with Crippen LogP contribution in [0.5, 0.6) is 5.75 Å². The van der Waals surface area contributed by atoms with E-state index in [0.717, 1.165) is 41.1 Å². The fourth-order valence-corrected chi connectivity index (χ4v) is 6.42. The van der Waals surface area contributed by atoms with Gasteiger partial charge in [0.2, 0.25) is 11.8 Å². The predicted octanol–water partition coefficient (Wildman–Crippen LogP) is 5.07. The Bertz CT molecular complexity index is 1400. The summed E-state index contributed by atoms with van der Waals surface area (Å²) in [4.78, 5) is 28.9. The lowest BCUT2D eigenvalue weighted by Gasteiger charge is -2.32. The molecule has 1 aliphatic rings. The van der Waals surface area contributed by atoms with E-state index < -0.39 is 28.5 Å². The Morgan fingerprint density at radius 2 is 1.59 bits per heavy atom. The molecular weight excluding hydrogens is 538 g/mol. The number of hydrogen-bond donors (Lipinski definition) is 1. The zero-order chi connectivity index (χ0) is 29.4. The number of sulfonamides is 1. The summed E-state index contributed by atoms with van der Waals surface area (Å²) in [5.74, 6) is -0.123. The fraction of sp³-hybridized carbons (Fsp3) is 0.375. The molecule has 2 amide bonds. The molecule has 8 nitrogen and oxygen atoms in total. The molecule has 3 aromatic carbocycles. The molecule has 1 atom stereocenters. The van der Waals surface area contributed by atoms with Crippen molar-refractivity contribution in [2.45, 2.75) is 70.0 Å². The molecule has 9 heteroatoms. The van der Waals surface area contributed by atoms with Crippen molar-refractivity contribution in [1.82, 2.24) is 10.2 Å². The summed E-state index contributed by atoms with van der Waals surface area (Å²) in [7, 11) is -4.11. The van der Waals surface area contributed by atoms with Crippen molar-refractivity contribution in [3.63, 3.8) is 0 Å². The number of benzene rings is 3. The molecule has 41 heavy (non-hydrogen) atoms. The molecule has 1 unspecified atom stereocenters. The van der Waals surface area contributed by atoms with Crippen LogP contribution in [0.25, 0.3) is 0 Å². The first kappa shape index (κ1) is 30.1. The van der Waals surface area contributed by atoms with Gasteiger partial charge < -0.3 is 15.0 Å². The minimum Gasteiger partial charge on any atom is -0.494 e. The number of carbonyl (C=O) groups excluding carboxylic acids is 2. The van der Waals surface area contributed by atoms with Gasteiger partial charge in [-0.3, -0.25) is 13.9 Å². The summed E-state index contributed by atoms with van der Waals surface area (Å²) in [5.41, 5.74) is 2.25. The normalized spacial score (nSPS) is 14.3. The van der Waals surface area contributed by atoms with Crippen molar-refractivity contribution >= 4 is 27.5 Å². The SMILES string of the molecule is CCOc1ccc(N(CC(=O)N(Cc2ccc(C)cc2)C(C)C(=O)NC2CCCC2)S(=O)(=O)c2ccccc2)cc1. The minimum absolute atomic E-state index is 0.0683. The van der Waals surface area contributed by atoms with Gasteiger partial charge >= 0.3 is 0 Å². The molecule has 218 valence electrons. The van der Waals surface area contributed by atoms with E-state index in [0.29, 0.717) is 18.0 Å². The lowest BCUT2D eigenvalue weighted by molar-refractivity contribution is -0.139. The first-order valence-electron chi connectivity index (χ1n) is 14.1. The third kappa shape index (κ3) is 7.67. The smallest absolute Gasteiger partial charge is 0.264 e. The Hall–Kier alpha value is -3.85. The number of aryl methyl sites for hydroxylation is 1. The van der Waals surface area contributed by atoms with Gasteiger partial charge in [0.25, 0.3) is 10.0 Å². The van der Waals surface area contributed by atoms with E-state index in [1.54, 1.807) is 49.4 Å². The van der Waals surface area contributed by atoms with E-state index >= 15 is 0 Å². The Kier molecular flexibility index (Phi) is 10.0. The van der Waals surface area contributed by atoms with Crippen LogP contribution in [0.2, 0.25) is 0 Å². The minimum atomic E-state index is -4.11. The van der Waals surface area contributed by atoms with E-state index in [1.165, 1.54) is 17.0 Å². The molecule has 0 spiro atoms. The van der Waals surface area contributed by atoms with E-state index in [9.17, 15) is 18.0 Å². The summed E-state index contributed by atoms with van der Waals surface area (Å²) in [5, 5.41) is 3.09. The summed E-state index contributed by atoms with van der Waals surface area (Å²) in [6.07, 6.45) is 3.98. The first-order chi connectivity index (χ1) is 19.7. The molecule has 1 fully saturated rings. The van der Waals surface area contributed by atoms with Gasteiger partial charge in [0, 0.05) is 12.6 Å². The zero-order valence-corrected chi connectivity index (χ0v) is 24.8. The van der Waals surface area contributed by atoms with E-state index in [-0.39, 0.29) is 23.4 Å². The van der Waals surface area contributed by atoms with Crippen molar-refractivity contribution in [1.29, 1.82) is 0 Å². The molecule has 0 radical (unpaired) electrons. The molecule has 3 aromatic rings. The van der Waals surface area contributed by atoms with E-state index in [2.05, 4.69) is 5.32 Å². The average molecular weight is 578 g/mol. The number of nitrogens with one attached hydrogen (secondary N) is 1. The summed E-state index contributed by atoms with van der Waals surface area (Å²) < 4.78 is 34.4. The lowest BCUT2D eigenvalue weighted by Crippen LogP contribution is -2.52. The number of ether oxygens (including phenoxy) is 1. The summed E-state index contributed by atoms with van der Waals surface area (Å²) >= 11 is 0. The second-order valence-corrected chi connectivity index (χ2v) is 12.3. The molecular formula is C32H39N3O5S. The van der Waals surface area contributed by atoms with Crippen molar-refractivity contribution in [3.05, 3.63) is 90.0 Å². The fourth-order valence-electron chi connectivity index (χ4n) is 4.99. The van der Waals surface area contributed by atoms with Gasteiger partial charge in [-0.2, -0.15) is 0 Å². The predicted molar refractivity (Wildman–Crippen MR) is 160 cm³/mol. The third-order valence-electron chi connectivity index (χ3n) is 7.39. The Morgan fingerprint density at radius 1 is 0.951 bits per heavy atom. The second-order valence-electron chi connectivity index (χ2n) is 10.4. The topological polar surface area (TPSA) is 96.0 Å². The van der Waals surface area contributed by atoms with Gasteiger partial charge in [-0.25, -0.2) is 8.42 Å². The van der Waals surface area contributed by atoms with Gasteiger partial charge in [0.15, 0.2) is 0 Å². The third-order valence-corrected chi connectivity index (χ3v) is 9.18. The van der Waals surface area contributed by atoms with Crippen LogP contribution in [-0.2, 0) is 26.2 Å². The molecule has 1 saturated carbocycles. The first-order valence-corrected chi connectivity index (χ1v) is 15.6. The monoisotopic (exact) mass is 577 g/mol. The number of nitrogens with zero attached hydrogens (tertiary/aromatic N) is 2. The van der Waals surface area contributed by atoms with Gasteiger partial charge in [-0.15, -0.1) is 0 Å². The molecule has 1 N–H and O–H groups in total. The standard InChI is InChI=1S/C32H39N3O5S/c1-4-40-29-20-18-28(19-21-29)35(41(38,39)30-12-6-5-7-13-30)23-31(36)34(22-26-16-14-24(2)15-17-26)25(3)32(37)33-27-10-8-9-11-27/h5-7,12-21,25,27H,4,8-11,22-23H2,1-3H3,(H,33,37). The lowest BCUT2D eigenvalue weighted by atomic mass is 10.1. The number of anilines is 1. The second kappa shape index (κ2) is 13.7. The van der Waals surface area contributed by atoms with Crippen molar-refractivity contribution in [2.24, 2.45) is 0 Å². The maximum absolute atomic E-state index is 14.0. The van der Waals surface area contributed by atoms with Gasteiger partial charge in [0.05, 0.1) is 17.2 Å². The van der Waals surface area contributed by atoms with Crippen LogP contribution in [-0.4, -0.2) is 50.4 Å². The Morgan fingerprint density at radius 3 is 2.20 bits per heavy atom. The highest BCUT2D eigenvalue weighted by Crippen LogP contribution is 2.27. The highest BCUT2D eigenvalue weighted by molar-refractivity contribution is 7.92. The number of carbonyl (C=O) groups is 2. The average Bonchev–Trinajstić information content (AvgIpc) is 3.49. The highest BCUT2D eigenvalue weighted by atomic mass is 32.2. The van der Waals surface area contributed by atoms with Crippen molar-refractivity contribution in [2.75, 3.05) is 17.5 Å². The van der Waals surface area contributed by atoms with Crippen molar-refractivity contribution < 1.29 is 22.7 Å². The van der Waals surface area contributed by atoms with Gasteiger partial charge in [0.1, 0.15) is 18.3 Å². The maximum Gasteiger partial charge on any atom is 0.264 e. The van der Waals surface area contributed by atoms with Crippen LogP contribution in [0, 0.1) is 6.92 Å². The molecule has 0 aromatic heterocycles. The molecule has 4 rings (SSSR count). The van der Waals surface area contributed by atoms with Crippen LogP contribution in [0.1, 0.15) is 50.7 Å². The summed E-state index contributed by atoms with van der Waals surface area (Å²) in [6.45, 7) is 5.71. The van der Waals surface area contributed by atoms with Crippen LogP contribution >= 0.6 is 0 Å². The van der Waals surface area contributed by atoms with E-state index in [4.69, 9.17) is 4.74 Å². The quantitative estimate of drug-likeness (QED) is 0.325. The van der Waals surface area contributed by atoms with Crippen LogP contribution in [0.15, 0.2) is 83.8 Å². The van der Waals surface area contributed by atoms with Crippen LogP contribution < -0.4 is 14.4 Å². The van der Waals surface area contributed by atoms with Crippen molar-refractivity contribution in [3.8, 4) is 5.75 Å².